The number of allylic oxidation sites excluding steroid dienone is 4. The fourth-order valence-corrected chi connectivity index (χ4v) is 10.8. The number of ether oxygens (including phenoxy) is 5. The van der Waals surface area contributed by atoms with Crippen molar-refractivity contribution < 1.29 is 62.4 Å². The third-order valence-corrected chi connectivity index (χ3v) is 15.8. The van der Waals surface area contributed by atoms with Crippen molar-refractivity contribution in [3.8, 4) is 23.0 Å². The SMILES string of the molecule is C=Cc1c(C)c2cc3nc(c(CC(=O)OC)c4[nH]c(cc5nc(cc1[nH]2)C(C)=C5CC)c(C)c4C(=O)NCCCCCCNC(=O)CCCC(=O)Oc1ccc(/C=C/C(=O)CC(=O)/C=C/c2ccc(O)c(OC)c2)cc1OC)C(CCC(=O)OC)C3C. The molecule has 19 heteroatoms. The van der Waals surface area contributed by atoms with Crippen LogP contribution < -0.4 is 24.8 Å². The number of hydrogen-bond donors (Lipinski definition) is 5. The molecule has 5 N–H and O–H groups in total. The van der Waals surface area contributed by atoms with E-state index < -0.39 is 23.5 Å². The number of nitrogens with one attached hydrogen (secondary N) is 4. The van der Waals surface area contributed by atoms with Crippen molar-refractivity contribution in [2.24, 2.45) is 0 Å². The molecule has 2 aliphatic heterocycles. The minimum Gasteiger partial charge on any atom is -0.504 e. The van der Waals surface area contributed by atoms with Crippen molar-refractivity contribution >= 4 is 92.7 Å². The van der Waals surface area contributed by atoms with Gasteiger partial charge in [-0.2, -0.15) is 0 Å². The van der Waals surface area contributed by atoms with Gasteiger partial charge >= 0.3 is 17.9 Å². The molecule has 0 fully saturated rings. The first-order chi connectivity index (χ1) is 41.8. The second-order valence-electron chi connectivity index (χ2n) is 21.5. The summed E-state index contributed by atoms with van der Waals surface area (Å²) in [6.45, 7) is 15.0. The molecule has 0 saturated heterocycles. The molecule has 87 heavy (non-hydrogen) atoms. The molecule has 0 saturated carbocycles. The molecule has 2 aromatic carbocycles. The van der Waals surface area contributed by atoms with Crippen LogP contribution in [0.2, 0.25) is 0 Å². The first kappa shape index (κ1) is 65.2. The minimum atomic E-state index is -0.552. The van der Waals surface area contributed by atoms with Crippen LogP contribution in [-0.2, 0) is 44.7 Å². The first-order valence-corrected chi connectivity index (χ1v) is 29.3. The highest BCUT2D eigenvalue weighted by molar-refractivity contribution is 6.11. The molecule has 2 aliphatic rings. The smallest absolute Gasteiger partial charge is 0.311 e. The zero-order chi connectivity index (χ0) is 62.9. The molecule has 19 nitrogen and oxygen atoms in total. The maximum Gasteiger partial charge on any atom is 0.311 e. The Bertz CT molecular complexity index is 3730. The molecular formula is C68H78N6O13. The van der Waals surface area contributed by atoms with Gasteiger partial charge in [0.15, 0.2) is 34.6 Å². The van der Waals surface area contributed by atoms with Gasteiger partial charge in [-0.25, -0.2) is 4.98 Å². The second-order valence-corrected chi connectivity index (χ2v) is 21.5. The third-order valence-electron chi connectivity index (χ3n) is 15.8. The van der Waals surface area contributed by atoms with Crippen molar-refractivity contribution in [1.29, 1.82) is 0 Å². The van der Waals surface area contributed by atoms with E-state index in [2.05, 4.69) is 41.0 Å². The Morgan fingerprint density at radius 2 is 1.32 bits per heavy atom. The van der Waals surface area contributed by atoms with Gasteiger partial charge in [-0.3, -0.25) is 38.5 Å². The van der Waals surface area contributed by atoms with E-state index in [9.17, 15) is 38.7 Å². The fourth-order valence-electron chi connectivity index (χ4n) is 10.8. The van der Waals surface area contributed by atoms with Crippen LogP contribution in [0.5, 0.6) is 23.0 Å². The number of amides is 2. The number of aryl methyl sites for hydroxylation is 2. The Kier molecular flexibility index (Phi) is 22.9. The Morgan fingerprint density at radius 3 is 1.98 bits per heavy atom. The summed E-state index contributed by atoms with van der Waals surface area (Å²) >= 11 is 0. The molecule has 2 amide bonds. The number of ketones is 2. The van der Waals surface area contributed by atoms with Crippen molar-refractivity contribution in [3.63, 3.8) is 0 Å². The summed E-state index contributed by atoms with van der Waals surface area (Å²) < 4.78 is 26.4. The molecule has 458 valence electrons. The fraction of sp³-hybridized carbons (Fsp3) is 0.368. The average molecular weight is 1190 g/mol. The van der Waals surface area contributed by atoms with Gasteiger partial charge in [0.05, 0.1) is 69.4 Å². The number of phenols is 1. The van der Waals surface area contributed by atoms with Crippen LogP contribution in [0.15, 0.2) is 73.3 Å². The number of rotatable bonds is 28. The zero-order valence-corrected chi connectivity index (χ0v) is 51.1. The van der Waals surface area contributed by atoms with Crippen molar-refractivity contribution in [2.75, 3.05) is 41.5 Å². The van der Waals surface area contributed by atoms with Crippen LogP contribution in [0, 0.1) is 13.8 Å². The summed E-state index contributed by atoms with van der Waals surface area (Å²) in [5.41, 5.74) is 12.3. The van der Waals surface area contributed by atoms with Crippen LogP contribution in [0.4, 0.5) is 0 Å². The summed E-state index contributed by atoms with van der Waals surface area (Å²) in [5.74, 6) is -2.73. The predicted octanol–water partition coefficient (Wildman–Crippen LogP) is 11.6. The lowest BCUT2D eigenvalue weighted by atomic mass is 9.85. The zero-order valence-electron chi connectivity index (χ0n) is 51.1. The van der Waals surface area contributed by atoms with Gasteiger partial charge in [-0.05, 0) is 141 Å². The van der Waals surface area contributed by atoms with Crippen LogP contribution in [0.25, 0.3) is 51.4 Å². The van der Waals surface area contributed by atoms with E-state index in [-0.39, 0.29) is 91.1 Å². The van der Waals surface area contributed by atoms with Crippen LogP contribution in [-0.4, -0.2) is 108 Å². The van der Waals surface area contributed by atoms with Gasteiger partial charge in [0.2, 0.25) is 5.91 Å². The van der Waals surface area contributed by atoms with Gasteiger partial charge in [0, 0.05) is 77.6 Å². The number of fused-ring (bicyclic) bond motifs is 8. The van der Waals surface area contributed by atoms with E-state index in [0.717, 1.165) is 63.2 Å². The standard InChI is InChI=1S/C68H78N6O13/c1-11-47-39(3)51-36-53-41(5)49(26-29-62(79)85-9)66(73-53)50(35-64(81)86-10)67-65(42(6)54(74-67)38-56-48(12-2)40(4)52(72-56)37-55(47)71-51)68(82)70-31-16-14-13-15-30-69-61(78)18-17-19-63(80)87-58-28-23-44(33-60(58)84-8)21-25-46(76)34-45(75)24-20-43-22-27-57(77)59(32-43)83-7/h11,20-25,27-28,32-33,36-38,41,49,71,74,77H,1,12-19,26,29-31,34-35H2,2-10H3,(H,69,78)(H,70,82)/b24-20+,25-21+,51-36?,52-37?,53-36?,54-38?,55-37?,56-38?,66-50?,67-50?. The van der Waals surface area contributed by atoms with Crippen molar-refractivity contribution in [2.45, 2.75) is 124 Å². The normalized spacial score (nSPS) is 13.8. The largest absolute Gasteiger partial charge is 0.504 e. The van der Waals surface area contributed by atoms with Gasteiger partial charge in [0.1, 0.15) is 0 Å². The highest BCUT2D eigenvalue weighted by atomic mass is 16.6. The van der Waals surface area contributed by atoms with Gasteiger partial charge in [0.25, 0.3) is 5.91 Å². The second kappa shape index (κ2) is 30.6. The molecule has 2 atom stereocenters. The molecule has 0 aliphatic carbocycles. The highest BCUT2D eigenvalue weighted by Gasteiger charge is 2.34. The molecule has 5 aromatic rings. The van der Waals surface area contributed by atoms with E-state index in [0.29, 0.717) is 83.3 Å². The van der Waals surface area contributed by atoms with E-state index in [1.807, 2.05) is 45.0 Å². The number of benzene rings is 2. The summed E-state index contributed by atoms with van der Waals surface area (Å²) in [6, 6.07) is 15.4. The molecular weight excluding hydrogens is 1110 g/mol. The highest BCUT2D eigenvalue weighted by Crippen LogP contribution is 2.43. The molecule has 3 aromatic heterocycles. The summed E-state index contributed by atoms with van der Waals surface area (Å²) in [7, 11) is 5.50. The number of unbranched alkanes of at least 4 members (excludes halogenated alkanes) is 3. The number of carbonyl (C=O) groups excluding carboxylic acids is 7. The van der Waals surface area contributed by atoms with Gasteiger partial charge in [-0.1, -0.05) is 63.6 Å². The number of H-pyrrole nitrogens is 2. The quantitative estimate of drug-likeness (QED) is 0.0102. The number of methoxy groups -OCH3 is 4. The molecule has 7 rings (SSSR count). The maximum absolute atomic E-state index is 14.7. The maximum atomic E-state index is 14.7. The Balaban J connectivity index is 0.951. The minimum absolute atomic E-state index is 0.0180. The number of aromatic amines is 2. The Labute approximate surface area is 506 Å². The van der Waals surface area contributed by atoms with Gasteiger partial charge < -0.3 is 49.4 Å². The Morgan fingerprint density at radius 1 is 0.678 bits per heavy atom. The van der Waals surface area contributed by atoms with E-state index in [1.165, 1.54) is 64.9 Å². The lowest BCUT2D eigenvalue weighted by Crippen LogP contribution is -2.25. The van der Waals surface area contributed by atoms with Crippen LogP contribution >= 0.6 is 0 Å². The predicted molar refractivity (Wildman–Crippen MR) is 335 cm³/mol. The van der Waals surface area contributed by atoms with Gasteiger partial charge in [-0.15, -0.1) is 0 Å². The molecule has 8 bridgehead atoms. The van der Waals surface area contributed by atoms with Crippen molar-refractivity contribution in [3.05, 3.63) is 135 Å². The van der Waals surface area contributed by atoms with Crippen LogP contribution in [0.1, 0.15) is 170 Å². The number of nitrogens with zero attached hydrogens (tertiary/aromatic N) is 2. The summed E-state index contributed by atoms with van der Waals surface area (Å²) in [6.07, 6.45) is 11.3. The van der Waals surface area contributed by atoms with E-state index in [4.69, 9.17) is 33.7 Å². The van der Waals surface area contributed by atoms with E-state index in [1.54, 1.807) is 24.3 Å². The number of aromatic nitrogens is 4. The monoisotopic (exact) mass is 1190 g/mol. The topological polar surface area (TPSA) is 267 Å². The number of hydrogen-bond acceptors (Lipinski definition) is 15. The molecule has 5 heterocycles. The van der Waals surface area contributed by atoms with E-state index >= 15 is 0 Å². The number of phenolic OH excluding ortho intramolecular Hbond substituents is 1. The first-order valence-electron chi connectivity index (χ1n) is 29.3. The van der Waals surface area contributed by atoms with Crippen LogP contribution in [0.3, 0.4) is 0 Å². The summed E-state index contributed by atoms with van der Waals surface area (Å²) in [5, 5.41) is 15.8. The lowest BCUT2D eigenvalue weighted by Gasteiger charge is -2.18. The number of esters is 3. The third kappa shape index (κ3) is 16.5. The Hall–Kier alpha value is -9.39. The van der Waals surface area contributed by atoms with Crippen molar-refractivity contribution in [1.82, 2.24) is 30.6 Å². The molecule has 0 spiro atoms. The lowest BCUT2D eigenvalue weighted by molar-refractivity contribution is -0.141. The number of carbonyl (C=O) groups is 7. The number of aromatic hydroxyl groups is 1. The average Bonchev–Trinajstić information content (AvgIpc) is 1.68. The summed E-state index contributed by atoms with van der Waals surface area (Å²) in [4.78, 5) is 109. The molecule has 2 unspecified atom stereocenters. The molecule has 0 radical (unpaired) electrons.